The molecule has 13 heavy (non-hydrogen) atoms. The third kappa shape index (κ3) is 1.26. The maximum Gasteiger partial charge on any atom is 0.417 e. The van der Waals surface area contributed by atoms with Crippen molar-refractivity contribution in [3.63, 3.8) is 0 Å². The lowest BCUT2D eigenvalue weighted by molar-refractivity contribution is 0.172. The predicted octanol–water partition coefficient (Wildman–Crippen LogP) is 1.60. The second kappa shape index (κ2) is 2.90. The van der Waals surface area contributed by atoms with Gasteiger partial charge in [-0.1, -0.05) is 0 Å². The minimum Gasteiger partial charge on any atom is -0.452 e. The molecule has 2 aliphatic rings. The van der Waals surface area contributed by atoms with E-state index in [-0.39, 0.29) is 0 Å². The summed E-state index contributed by atoms with van der Waals surface area (Å²) in [7, 11) is 1.35. The maximum absolute atomic E-state index is 11.1. The van der Waals surface area contributed by atoms with E-state index in [9.17, 15) is 4.79 Å². The van der Waals surface area contributed by atoms with Crippen molar-refractivity contribution in [2.75, 3.05) is 7.11 Å². The fourth-order valence-corrected chi connectivity index (χ4v) is 1.17. The van der Waals surface area contributed by atoms with Gasteiger partial charge < -0.3 is 4.74 Å². The molecule has 2 heterocycles. The SMILES string of the molecule is COC(=O)n1ccc2cncc-2c1. The van der Waals surface area contributed by atoms with E-state index in [4.69, 9.17) is 0 Å². The highest BCUT2D eigenvalue weighted by molar-refractivity contribution is 5.73. The van der Waals surface area contributed by atoms with E-state index in [1.54, 1.807) is 24.8 Å². The molecule has 0 saturated carbocycles. The second-order valence-electron chi connectivity index (χ2n) is 2.64. The van der Waals surface area contributed by atoms with Crippen molar-refractivity contribution < 1.29 is 9.53 Å². The van der Waals surface area contributed by atoms with Crippen LogP contribution in [0.15, 0.2) is 30.9 Å². The number of pyridine rings is 1. The van der Waals surface area contributed by atoms with E-state index in [1.807, 2.05) is 6.07 Å². The first kappa shape index (κ1) is 7.79. The summed E-state index contributed by atoms with van der Waals surface area (Å²) >= 11 is 0. The molecule has 2 rings (SSSR count). The number of hydrogen-bond acceptors (Lipinski definition) is 3. The summed E-state index contributed by atoms with van der Waals surface area (Å²) in [6, 6.07) is 1.82. The highest BCUT2D eigenvalue weighted by Gasteiger charge is 2.06. The first-order valence-corrected chi connectivity index (χ1v) is 3.81. The van der Waals surface area contributed by atoms with Gasteiger partial charge in [-0.15, -0.1) is 0 Å². The Morgan fingerprint density at radius 3 is 3.00 bits per heavy atom. The van der Waals surface area contributed by atoms with E-state index >= 15 is 0 Å². The monoisotopic (exact) mass is 176 g/mol. The summed E-state index contributed by atoms with van der Waals surface area (Å²) in [4.78, 5) is 15.1. The van der Waals surface area contributed by atoms with Crippen molar-refractivity contribution in [3.05, 3.63) is 30.9 Å². The predicted molar refractivity (Wildman–Crippen MR) is 46.7 cm³/mol. The minimum absolute atomic E-state index is 0.400. The zero-order valence-corrected chi connectivity index (χ0v) is 7.10. The van der Waals surface area contributed by atoms with Crippen LogP contribution >= 0.6 is 0 Å². The van der Waals surface area contributed by atoms with E-state index in [1.165, 1.54) is 11.7 Å². The Morgan fingerprint density at radius 1 is 1.46 bits per heavy atom. The molecular formula is C9H8N2O2. The van der Waals surface area contributed by atoms with Crippen molar-refractivity contribution in [3.8, 4) is 11.1 Å². The van der Waals surface area contributed by atoms with Gasteiger partial charge in [0.05, 0.1) is 7.11 Å². The zero-order chi connectivity index (χ0) is 9.26. The normalized spacial score (nSPS) is 10.2. The molecule has 2 aliphatic heterocycles. The van der Waals surface area contributed by atoms with Gasteiger partial charge in [0.15, 0.2) is 0 Å². The number of methoxy groups -OCH3 is 1. The van der Waals surface area contributed by atoms with Gasteiger partial charge in [0.2, 0.25) is 0 Å². The van der Waals surface area contributed by atoms with E-state index < -0.39 is 6.09 Å². The average Bonchev–Trinajstić information content (AvgIpc) is 2.63. The van der Waals surface area contributed by atoms with Gasteiger partial charge in [0, 0.05) is 35.9 Å². The van der Waals surface area contributed by atoms with Gasteiger partial charge in [-0.2, -0.15) is 0 Å². The molecule has 0 saturated heterocycles. The van der Waals surface area contributed by atoms with Gasteiger partial charge in [0.25, 0.3) is 0 Å². The number of nitrogens with zero attached hydrogens (tertiary/aromatic N) is 2. The van der Waals surface area contributed by atoms with E-state index in [2.05, 4.69) is 9.72 Å². The largest absolute Gasteiger partial charge is 0.452 e. The first-order valence-electron chi connectivity index (χ1n) is 3.81. The van der Waals surface area contributed by atoms with Crippen LogP contribution in [0.25, 0.3) is 11.1 Å². The van der Waals surface area contributed by atoms with Crippen LogP contribution in [0, 0.1) is 0 Å². The Balaban J connectivity index is 2.49. The summed E-state index contributed by atoms with van der Waals surface area (Å²) in [5, 5.41) is 0. The standard InChI is InChI=1S/C9H8N2O2/c1-13-9(12)11-3-2-7-4-10-5-8(7)6-11/h2-6H,1H3. The molecule has 0 aromatic rings. The molecule has 66 valence electrons. The van der Waals surface area contributed by atoms with Crippen LogP contribution in [0.4, 0.5) is 4.79 Å². The average molecular weight is 176 g/mol. The maximum atomic E-state index is 11.1. The highest BCUT2D eigenvalue weighted by atomic mass is 16.5. The molecule has 0 aliphatic carbocycles. The molecule has 0 spiro atoms. The van der Waals surface area contributed by atoms with Crippen molar-refractivity contribution in [1.29, 1.82) is 0 Å². The molecule has 0 aromatic heterocycles. The summed E-state index contributed by atoms with van der Waals surface area (Å²) in [5.41, 5.74) is 1.94. The zero-order valence-electron chi connectivity index (χ0n) is 7.10. The number of aromatic nitrogens is 2. The molecule has 4 heteroatoms. The molecule has 4 nitrogen and oxygen atoms in total. The molecule has 0 unspecified atom stereocenters. The van der Waals surface area contributed by atoms with Gasteiger partial charge in [-0.3, -0.25) is 9.55 Å². The third-order valence-electron chi connectivity index (χ3n) is 1.84. The topological polar surface area (TPSA) is 44.1 Å². The van der Waals surface area contributed by atoms with Crippen LogP contribution < -0.4 is 0 Å². The van der Waals surface area contributed by atoms with E-state index in [0.29, 0.717) is 0 Å². The number of rotatable bonds is 0. The van der Waals surface area contributed by atoms with Crippen LogP contribution in [0.1, 0.15) is 0 Å². The minimum atomic E-state index is -0.400. The van der Waals surface area contributed by atoms with Crippen LogP contribution in [-0.4, -0.2) is 22.8 Å². The van der Waals surface area contributed by atoms with Crippen molar-refractivity contribution >= 4 is 6.09 Å². The number of carbonyl (C=O) groups is 1. The molecule has 0 aromatic carbocycles. The lowest BCUT2D eigenvalue weighted by Gasteiger charge is -2.04. The number of fused-ring (bicyclic) bond motifs is 1. The Morgan fingerprint density at radius 2 is 2.23 bits per heavy atom. The van der Waals surface area contributed by atoms with Gasteiger partial charge >= 0.3 is 6.09 Å². The number of ether oxygens (including phenoxy) is 1. The molecular weight excluding hydrogens is 168 g/mol. The van der Waals surface area contributed by atoms with Crippen LogP contribution in [0.5, 0.6) is 0 Å². The summed E-state index contributed by atoms with van der Waals surface area (Å²) in [6.07, 6.45) is 6.39. The fourth-order valence-electron chi connectivity index (χ4n) is 1.17. The van der Waals surface area contributed by atoms with Crippen LogP contribution in [0.2, 0.25) is 0 Å². The highest BCUT2D eigenvalue weighted by Crippen LogP contribution is 2.19. The van der Waals surface area contributed by atoms with Crippen molar-refractivity contribution in [2.45, 2.75) is 0 Å². The van der Waals surface area contributed by atoms with Crippen molar-refractivity contribution in [2.24, 2.45) is 0 Å². The molecule has 0 N–H and O–H groups in total. The molecule has 0 radical (unpaired) electrons. The Hall–Kier alpha value is -1.84. The lowest BCUT2D eigenvalue weighted by Crippen LogP contribution is -2.10. The summed E-state index contributed by atoms with van der Waals surface area (Å²) in [5.74, 6) is 0. The van der Waals surface area contributed by atoms with Crippen LogP contribution in [0.3, 0.4) is 0 Å². The summed E-state index contributed by atoms with van der Waals surface area (Å²) < 4.78 is 5.94. The number of carbonyl (C=O) groups excluding carboxylic acids is 1. The van der Waals surface area contributed by atoms with Gasteiger partial charge in [-0.25, -0.2) is 4.79 Å². The smallest absolute Gasteiger partial charge is 0.417 e. The van der Waals surface area contributed by atoms with Gasteiger partial charge in [-0.05, 0) is 6.07 Å². The first-order chi connectivity index (χ1) is 6.31. The fraction of sp³-hybridized carbons (Fsp3) is 0.111. The lowest BCUT2D eigenvalue weighted by atomic mass is 10.2. The Bertz CT molecular complexity index is 408. The molecule has 0 fully saturated rings. The molecule has 0 amide bonds. The van der Waals surface area contributed by atoms with Gasteiger partial charge in [0.1, 0.15) is 0 Å². The molecule has 0 atom stereocenters. The Kier molecular flexibility index (Phi) is 1.73. The Labute approximate surface area is 75.1 Å². The molecule has 0 bridgehead atoms. The van der Waals surface area contributed by atoms with E-state index in [0.717, 1.165) is 11.1 Å². The van der Waals surface area contributed by atoms with Crippen LogP contribution in [-0.2, 0) is 4.74 Å². The second-order valence-corrected chi connectivity index (χ2v) is 2.64. The van der Waals surface area contributed by atoms with Crippen molar-refractivity contribution in [1.82, 2.24) is 9.55 Å². The summed E-state index contributed by atoms with van der Waals surface area (Å²) in [6.45, 7) is 0. The third-order valence-corrected chi connectivity index (χ3v) is 1.84. The number of hydrogen-bond donors (Lipinski definition) is 0. The quantitative estimate of drug-likeness (QED) is 0.612.